The van der Waals surface area contributed by atoms with Crippen molar-refractivity contribution in [3.63, 3.8) is 0 Å². The van der Waals surface area contributed by atoms with Gasteiger partial charge >= 0.3 is 0 Å². The molecule has 2 N–H and O–H groups in total. The van der Waals surface area contributed by atoms with E-state index >= 15 is 0 Å². The highest BCUT2D eigenvalue weighted by Gasteiger charge is 2.07. The van der Waals surface area contributed by atoms with Crippen molar-refractivity contribution in [2.24, 2.45) is 0 Å². The quantitative estimate of drug-likeness (QED) is 0.649. The molecule has 1 aromatic carbocycles. The molecule has 0 aromatic heterocycles. The Kier molecular flexibility index (Phi) is 8.71. The Bertz CT molecular complexity index is 416. The fourth-order valence-corrected chi connectivity index (χ4v) is 2.23. The second kappa shape index (κ2) is 10.4. The SMILES string of the molecule is CCNCCC(=O)NCc1ccccc1CN(CC)CC. The summed E-state index contributed by atoms with van der Waals surface area (Å²) in [5.41, 5.74) is 2.51. The topological polar surface area (TPSA) is 44.4 Å². The monoisotopic (exact) mass is 291 g/mol. The highest BCUT2D eigenvalue weighted by atomic mass is 16.1. The summed E-state index contributed by atoms with van der Waals surface area (Å²) < 4.78 is 0. The summed E-state index contributed by atoms with van der Waals surface area (Å²) in [4.78, 5) is 14.2. The molecule has 0 aliphatic rings. The summed E-state index contributed by atoms with van der Waals surface area (Å²) in [6, 6.07) is 8.35. The van der Waals surface area contributed by atoms with Crippen LogP contribution in [0.5, 0.6) is 0 Å². The summed E-state index contributed by atoms with van der Waals surface area (Å²) in [6.07, 6.45) is 0.534. The normalized spacial score (nSPS) is 10.9. The Morgan fingerprint density at radius 1 is 1.10 bits per heavy atom. The van der Waals surface area contributed by atoms with Gasteiger partial charge in [-0.15, -0.1) is 0 Å². The molecule has 0 aliphatic carbocycles. The molecule has 118 valence electrons. The van der Waals surface area contributed by atoms with Crippen molar-refractivity contribution in [2.45, 2.75) is 40.3 Å². The van der Waals surface area contributed by atoms with E-state index in [9.17, 15) is 4.79 Å². The maximum atomic E-state index is 11.8. The summed E-state index contributed by atoms with van der Waals surface area (Å²) in [5.74, 6) is 0.105. The molecule has 0 unspecified atom stereocenters. The van der Waals surface area contributed by atoms with Crippen LogP contribution in [0.4, 0.5) is 0 Å². The van der Waals surface area contributed by atoms with Crippen molar-refractivity contribution in [3.05, 3.63) is 35.4 Å². The number of hydrogen-bond donors (Lipinski definition) is 2. The molecule has 1 amide bonds. The minimum absolute atomic E-state index is 0.105. The fraction of sp³-hybridized carbons (Fsp3) is 0.588. The van der Waals surface area contributed by atoms with Gasteiger partial charge in [0, 0.05) is 26.1 Å². The van der Waals surface area contributed by atoms with E-state index in [4.69, 9.17) is 0 Å². The molecule has 1 aromatic rings. The van der Waals surface area contributed by atoms with Crippen molar-refractivity contribution >= 4 is 5.91 Å². The third kappa shape index (κ3) is 6.74. The van der Waals surface area contributed by atoms with Gasteiger partial charge in [-0.05, 0) is 30.8 Å². The summed E-state index contributed by atoms with van der Waals surface area (Å²) in [6.45, 7) is 11.7. The predicted octanol–water partition coefficient (Wildman–Crippen LogP) is 2.14. The van der Waals surface area contributed by atoms with Crippen molar-refractivity contribution in [1.29, 1.82) is 0 Å². The maximum Gasteiger partial charge on any atom is 0.221 e. The average Bonchev–Trinajstić information content (AvgIpc) is 2.51. The highest BCUT2D eigenvalue weighted by molar-refractivity contribution is 5.76. The Hall–Kier alpha value is -1.39. The van der Waals surface area contributed by atoms with Crippen molar-refractivity contribution in [1.82, 2.24) is 15.5 Å². The van der Waals surface area contributed by atoms with Gasteiger partial charge in [0.25, 0.3) is 0 Å². The smallest absolute Gasteiger partial charge is 0.221 e. The number of rotatable bonds is 10. The zero-order valence-electron chi connectivity index (χ0n) is 13.6. The number of nitrogens with zero attached hydrogens (tertiary/aromatic N) is 1. The maximum absolute atomic E-state index is 11.8. The molecule has 0 atom stereocenters. The minimum Gasteiger partial charge on any atom is -0.352 e. The van der Waals surface area contributed by atoms with Crippen LogP contribution in [0.25, 0.3) is 0 Å². The lowest BCUT2D eigenvalue weighted by atomic mass is 10.1. The van der Waals surface area contributed by atoms with Crippen LogP contribution in [0.3, 0.4) is 0 Å². The molecular weight excluding hydrogens is 262 g/mol. The number of carbonyl (C=O) groups is 1. The lowest BCUT2D eigenvalue weighted by Gasteiger charge is -2.20. The minimum atomic E-state index is 0.105. The predicted molar refractivity (Wildman–Crippen MR) is 88.1 cm³/mol. The van der Waals surface area contributed by atoms with E-state index in [1.54, 1.807) is 0 Å². The zero-order chi connectivity index (χ0) is 15.5. The fourth-order valence-electron chi connectivity index (χ4n) is 2.23. The van der Waals surface area contributed by atoms with Gasteiger partial charge in [0.1, 0.15) is 0 Å². The standard InChI is InChI=1S/C17H29N3O/c1-4-18-12-11-17(21)19-13-15-9-7-8-10-16(15)14-20(5-2)6-3/h7-10,18H,4-6,11-14H2,1-3H3,(H,19,21). The van der Waals surface area contributed by atoms with Gasteiger partial charge in [0.2, 0.25) is 5.91 Å². The van der Waals surface area contributed by atoms with Crippen LogP contribution < -0.4 is 10.6 Å². The number of benzene rings is 1. The first-order valence-electron chi connectivity index (χ1n) is 7.97. The van der Waals surface area contributed by atoms with Gasteiger partial charge in [-0.1, -0.05) is 45.0 Å². The lowest BCUT2D eigenvalue weighted by Crippen LogP contribution is -2.28. The lowest BCUT2D eigenvalue weighted by molar-refractivity contribution is -0.121. The molecule has 0 bridgehead atoms. The number of hydrogen-bond acceptors (Lipinski definition) is 3. The second-order valence-corrected chi connectivity index (χ2v) is 5.11. The third-order valence-electron chi connectivity index (χ3n) is 3.66. The van der Waals surface area contributed by atoms with Crippen molar-refractivity contribution in [3.8, 4) is 0 Å². The summed E-state index contributed by atoms with van der Waals surface area (Å²) in [5, 5.41) is 6.17. The molecule has 4 heteroatoms. The summed E-state index contributed by atoms with van der Waals surface area (Å²) in [7, 11) is 0. The molecule has 0 radical (unpaired) electrons. The molecule has 4 nitrogen and oxygen atoms in total. The molecular formula is C17H29N3O. The molecule has 0 spiro atoms. The van der Waals surface area contributed by atoms with E-state index in [0.29, 0.717) is 13.0 Å². The Morgan fingerprint density at radius 2 is 1.76 bits per heavy atom. The first-order chi connectivity index (χ1) is 10.2. The number of nitrogens with one attached hydrogen (secondary N) is 2. The largest absolute Gasteiger partial charge is 0.352 e. The van der Waals surface area contributed by atoms with Crippen molar-refractivity contribution < 1.29 is 4.79 Å². The van der Waals surface area contributed by atoms with E-state index in [1.807, 2.05) is 13.0 Å². The van der Waals surface area contributed by atoms with Crippen LogP contribution in [-0.4, -0.2) is 37.0 Å². The van der Waals surface area contributed by atoms with Gasteiger partial charge in [-0.3, -0.25) is 9.69 Å². The van der Waals surface area contributed by atoms with Crippen LogP contribution >= 0.6 is 0 Å². The molecule has 0 fully saturated rings. The van der Waals surface area contributed by atoms with Gasteiger partial charge in [0.15, 0.2) is 0 Å². The molecule has 0 heterocycles. The van der Waals surface area contributed by atoms with Crippen LogP contribution in [0.15, 0.2) is 24.3 Å². The van der Waals surface area contributed by atoms with Gasteiger partial charge < -0.3 is 10.6 Å². The first kappa shape index (κ1) is 17.7. The molecule has 0 saturated heterocycles. The van der Waals surface area contributed by atoms with E-state index in [-0.39, 0.29) is 5.91 Å². The summed E-state index contributed by atoms with van der Waals surface area (Å²) >= 11 is 0. The van der Waals surface area contributed by atoms with Crippen LogP contribution in [-0.2, 0) is 17.9 Å². The van der Waals surface area contributed by atoms with Gasteiger partial charge in [-0.2, -0.15) is 0 Å². The van der Waals surface area contributed by atoms with Gasteiger partial charge in [0.05, 0.1) is 0 Å². The Labute approximate surface area is 128 Å². The van der Waals surface area contributed by atoms with E-state index in [0.717, 1.165) is 32.7 Å². The molecule has 0 saturated carbocycles. The van der Waals surface area contributed by atoms with E-state index < -0.39 is 0 Å². The molecule has 1 rings (SSSR count). The number of carbonyl (C=O) groups excluding carboxylic acids is 1. The molecule has 21 heavy (non-hydrogen) atoms. The van der Waals surface area contributed by atoms with E-state index in [2.05, 4.69) is 47.6 Å². The van der Waals surface area contributed by atoms with Crippen molar-refractivity contribution in [2.75, 3.05) is 26.2 Å². The van der Waals surface area contributed by atoms with Crippen LogP contribution in [0.2, 0.25) is 0 Å². The average molecular weight is 291 g/mol. The van der Waals surface area contributed by atoms with Crippen LogP contribution in [0.1, 0.15) is 38.3 Å². The van der Waals surface area contributed by atoms with Crippen LogP contribution in [0, 0.1) is 0 Å². The number of amides is 1. The zero-order valence-corrected chi connectivity index (χ0v) is 13.6. The highest BCUT2D eigenvalue weighted by Crippen LogP contribution is 2.11. The Balaban J connectivity index is 2.52. The Morgan fingerprint density at radius 3 is 2.38 bits per heavy atom. The second-order valence-electron chi connectivity index (χ2n) is 5.11. The molecule has 0 aliphatic heterocycles. The van der Waals surface area contributed by atoms with E-state index in [1.165, 1.54) is 11.1 Å². The first-order valence-corrected chi connectivity index (χ1v) is 7.97. The van der Waals surface area contributed by atoms with Gasteiger partial charge in [-0.25, -0.2) is 0 Å². The third-order valence-corrected chi connectivity index (χ3v) is 3.66.